The van der Waals surface area contributed by atoms with E-state index in [1.165, 1.54) is 0 Å². The molecule has 0 radical (unpaired) electrons. The van der Waals surface area contributed by atoms with Crippen molar-refractivity contribution in [2.24, 2.45) is 0 Å². The molecule has 0 atom stereocenters. The van der Waals surface area contributed by atoms with E-state index in [9.17, 15) is 0 Å². The molecule has 21 heavy (non-hydrogen) atoms. The Morgan fingerprint density at radius 3 is 2.67 bits per heavy atom. The van der Waals surface area contributed by atoms with Crippen LogP contribution in [0.4, 0.5) is 5.69 Å². The van der Waals surface area contributed by atoms with Gasteiger partial charge in [-0.05, 0) is 30.7 Å². The van der Waals surface area contributed by atoms with E-state index < -0.39 is 0 Å². The molecule has 0 saturated heterocycles. The van der Waals surface area contributed by atoms with Crippen LogP contribution in [-0.4, -0.2) is 15.4 Å². The molecule has 0 aliphatic heterocycles. The molecule has 0 bridgehead atoms. The summed E-state index contributed by atoms with van der Waals surface area (Å²) in [5.74, 6) is 0. The van der Waals surface area contributed by atoms with Crippen LogP contribution in [0.5, 0.6) is 0 Å². The van der Waals surface area contributed by atoms with Gasteiger partial charge >= 0.3 is 0 Å². The molecule has 4 nitrogen and oxygen atoms in total. The molecule has 0 amide bonds. The number of anilines is 1. The first-order valence-corrected chi connectivity index (χ1v) is 7.07. The smallest absolute Gasteiger partial charge is 0.117 e. The van der Waals surface area contributed by atoms with Gasteiger partial charge < -0.3 is 5.32 Å². The van der Waals surface area contributed by atoms with E-state index >= 15 is 0 Å². The fourth-order valence-corrected chi connectivity index (χ4v) is 2.43. The van der Waals surface area contributed by atoms with Gasteiger partial charge in [-0.3, -0.25) is 0 Å². The molecule has 0 aliphatic rings. The average molecular weight is 299 g/mol. The van der Waals surface area contributed by atoms with Crippen molar-refractivity contribution in [3.63, 3.8) is 0 Å². The first-order valence-electron chi connectivity index (χ1n) is 6.69. The minimum absolute atomic E-state index is 0.600. The third kappa shape index (κ3) is 3.06. The van der Waals surface area contributed by atoms with Crippen LogP contribution in [-0.2, 0) is 6.54 Å². The SMILES string of the molecule is Cc1cc(Cl)ccc1NCc1n[nH]nc1-c1ccccc1. The molecule has 0 unspecified atom stereocenters. The van der Waals surface area contributed by atoms with Crippen molar-refractivity contribution in [1.29, 1.82) is 0 Å². The Labute approximate surface area is 128 Å². The molecule has 0 fully saturated rings. The summed E-state index contributed by atoms with van der Waals surface area (Å²) in [5.41, 5.74) is 4.95. The Bertz CT molecular complexity index is 737. The van der Waals surface area contributed by atoms with E-state index in [1.54, 1.807) is 0 Å². The lowest BCUT2D eigenvalue weighted by molar-refractivity contribution is 0.911. The largest absolute Gasteiger partial charge is 0.379 e. The predicted octanol–water partition coefficient (Wildman–Crippen LogP) is 4.05. The molecule has 3 aromatic rings. The highest BCUT2D eigenvalue weighted by atomic mass is 35.5. The number of H-pyrrole nitrogens is 1. The average Bonchev–Trinajstić information content (AvgIpc) is 2.96. The van der Waals surface area contributed by atoms with E-state index in [0.717, 1.165) is 33.2 Å². The van der Waals surface area contributed by atoms with Gasteiger partial charge in [0.25, 0.3) is 0 Å². The zero-order chi connectivity index (χ0) is 14.7. The maximum Gasteiger partial charge on any atom is 0.117 e. The molecule has 1 aromatic heterocycles. The number of nitrogens with zero attached hydrogens (tertiary/aromatic N) is 2. The second-order valence-corrected chi connectivity index (χ2v) is 5.23. The van der Waals surface area contributed by atoms with Crippen molar-refractivity contribution in [2.75, 3.05) is 5.32 Å². The maximum atomic E-state index is 5.97. The molecule has 3 rings (SSSR count). The molecule has 106 valence electrons. The Hall–Kier alpha value is -2.33. The highest BCUT2D eigenvalue weighted by molar-refractivity contribution is 6.30. The van der Waals surface area contributed by atoms with Gasteiger partial charge in [0.15, 0.2) is 0 Å². The zero-order valence-corrected chi connectivity index (χ0v) is 12.4. The third-order valence-electron chi connectivity index (χ3n) is 3.30. The number of aryl methyl sites for hydroxylation is 1. The van der Waals surface area contributed by atoms with Crippen LogP contribution in [0.2, 0.25) is 5.02 Å². The number of halogens is 1. The molecule has 1 heterocycles. The Kier molecular flexibility index (Phi) is 3.88. The maximum absolute atomic E-state index is 5.97. The van der Waals surface area contributed by atoms with Gasteiger partial charge in [0.1, 0.15) is 11.4 Å². The minimum atomic E-state index is 0.600. The molecule has 2 aromatic carbocycles. The second-order valence-electron chi connectivity index (χ2n) is 4.80. The molecular formula is C16H15ClN4. The molecule has 0 spiro atoms. The van der Waals surface area contributed by atoms with Gasteiger partial charge in [0.05, 0.1) is 6.54 Å². The van der Waals surface area contributed by atoms with Gasteiger partial charge in [-0.1, -0.05) is 41.9 Å². The molecule has 0 saturated carbocycles. The highest BCUT2D eigenvalue weighted by Gasteiger charge is 2.10. The molecular weight excluding hydrogens is 284 g/mol. The molecule has 0 aliphatic carbocycles. The minimum Gasteiger partial charge on any atom is -0.379 e. The number of hydrogen-bond acceptors (Lipinski definition) is 3. The fourth-order valence-electron chi connectivity index (χ4n) is 2.21. The summed E-state index contributed by atoms with van der Waals surface area (Å²) < 4.78 is 0. The summed E-state index contributed by atoms with van der Waals surface area (Å²) in [5, 5.41) is 15.3. The monoisotopic (exact) mass is 298 g/mol. The molecule has 2 N–H and O–H groups in total. The summed E-state index contributed by atoms with van der Waals surface area (Å²) in [6.07, 6.45) is 0. The number of aromatic nitrogens is 3. The summed E-state index contributed by atoms with van der Waals surface area (Å²) in [4.78, 5) is 0. The van der Waals surface area contributed by atoms with E-state index in [2.05, 4.69) is 20.7 Å². The van der Waals surface area contributed by atoms with Crippen molar-refractivity contribution < 1.29 is 0 Å². The normalized spacial score (nSPS) is 10.6. The van der Waals surface area contributed by atoms with Crippen LogP contribution in [0, 0.1) is 6.92 Å². The van der Waals surface area contributed by atoms with Crippen LogP contribution < -0.4 is 5.32 Å². The summed E-state index contributed by atoms with van der Waals surface area (Å²) >= 11 is 5.97. The lowest BCUT2D eigenvalue weighted by Gasteiger charge is -2.09. The Morgan fingerprint density at radius 1 is 1.10 bits per heavy atom. The lowest BCUT2D eigenvalue weighted by atomic mass is 10.1. The van der Waals surface area contributed by atoms with Crippen LogP contribution in [0.1, 0.15) is 11.3 Å². The quantitative estimate of drug-likeness (QED) is 0.764. The van der Waals surface area contributed by atoms with E-state index in [0.29, 0.717) is 6.54 Å². The van der Waals surface area contributed by atoms with E-state index in [1.807, 2.05) is 55.5 Å². The number of benzene rings is 2. The van der Waals surface area contributed by atoms with Gasteiger partial charge in [-0.25, -0.2) is 0 Å². The second kappa shape index (κ2) is 5.97. The van der Waals surface area contributed by atoms with Gasteiger partial charge in [0.2, 0.25) is 0 Å². The van der Waals surface area contributed by atoms with Crippen molar-refractivity contribution in [3.05, 3.63) is 64.8 Å². The first kappa shape index (κ1) is 13.6. The third-order valence-corrected chi connectivity index (χ3v) is 3.54. The van der Waals surface area contributed by atoms with Gasteiger partial charge in [-0.15, -0.1) is 0 Å². The van der Waals surface area contributed by atoms with Crippen LogP contribution in [0.25, 0.3) is 11.3 Å². The van der Waals surface area contributed by atoms with E-state index in [-0.39, 0.29) is 0 Å². The van der Waals surface area contributed by atoms with Gasteiger partial charge in [-0.2, -0.15) is 15.4 Å². The topological polar surface area (TPSA) is 53.6 Å². The first-order chi connectivity index (χ1) is 10.2. The van der Waals surface area contributed by atoms with Crippen molar-refractivity contribution in [1.82, 2.24) is 15.4 Å². The van der Waals surface area contributed by atoms with Gasteiger partial charge in [0, 0.05) is 16.3 Å². The fraction of sp³-hybridized carbons (Fsp3) is 0.125. The van der Waals surface area contributed by atoms with Crippen molar-refractivity contribution >= 4 is 17.3 Å². The summed E-state index contributed by atoms with van der Waals surface area (Å²) in [6, 6.07) is 15.8. The zero-order valence-electron chi connectivity index (χ0n) is 11.6. The Balaban J connectivity index is 1.79. The van der Waals surface area contributed by atoms with Crippen LogP contribution in [0.15, 0.2) is 48.5 Å². The number of rotatable bonds is 4. The lowest BCUT2D eigenvalue weighted by Crippen LogP contribution is -2.02. The number of hydrogen-bond donors (Lipinski definition) is 2. The van der Waals surface area contributed by atoms with Crippen LogP contribution >= 0.6 is 11.6 Å². The predicted molar refractivity (Wildman–Crippen MR) is 85.3 cm³/mol. The van der Waals surface area contributed by atoms with Crippen molar-refractivity contribution in [2.45, 2.75) is 13.5 Å². The highest BCUT2D eigenvalue weighted by Crippen LogP contribution is 2.22. The molecule has 5 heteroatoms. The Morgan fingerprint density at radius 2 is 1.90 bits per heavy atom. The van der Waals surface area contributed by atoms with E-state index in [4.69, 9.17) is 11.6 Å². The summed E-state index contributed by atoms with van der Waals surface area (Å²) in [7, 11) is 0. The van der Waals surface area contributed by atoms with Crippen LogP contribution in [0.3, 0.4) is 0 Å². The number of nitrogens with one attached hydrogen (secondary N) is 2. The summed E-state index contributed by atoms with van der Waals surface area (Å²) in [6.45, 7) is 2.62. The number of aromatic amines is 1. The van der Waals surface area contributed by atoms with Crippen molar-refractivity contribution in [3.8, 4) is 11.3 Å². The standard InChI is InChI=1S/C16H15ClN4/c1-11-9-13(17)7-8-14(11)18-10-15-16(20-21-19-15)12-5-3-2-4-6-12/h2-9,18H,10H2,1H3,(H,19,20,21).